The van der Waals surface area contributed by atoms with Gasteiger partial charge in [-0.15, -0.1) is 11.3 Å². The van der Waals surface area contributed by atoms with Crippen molar-refractivity contribution in [2.75, 3.05) is 17.7 Å². The summed E-state index contributed by atoms with van der Waals surface area (Å²) in [6.07, 6.45) is 0. The maximum absolute atomic E-state index is 13.4. The molecule has 1 aromatic heterocycles. The van der Waals surface area contributed by atoms with E-state index in [1.807, 2.05) is 20.8 Å². The zero-order valence-corrected chi connectivity index (χ0v) is 21.4. The van der Waals surface area contributed by atoms with Gasteiger partial charge in [-0.05, 0) is 45.0 Å². The van der Waals surface area contributed by atoms with Crippen LogP contribution in [0.3, 0.4) is 0 Å². The first kappa shape index (κ1) is 27.3. The molecule has 0 spiro atoms. The minimum absolute atomic E-state index is 0.0562. The highest BCUT2D eigenvalue weighted by Gasteiger charge is 2.29. The average Bonchev–Trinajstić information content (AvgIpc) is 3.35. The number of hydrogen-bond donors (Lipinski definition) is 3. The van der Waals surface area contributed by atoms with E-state index in [4.69, 9.17) is 9.94 Å². The fourth-order valence-corrected chi connectivity index (χ4v) is 3.96. The predicted molar refractivity (Wildman–Crippen MR) is 140 cm³/mol. The number of anilines is 2. The molecule has 1 atom stereocenters. The zero-order chi connectivity index (χ0) is 27.2. The van der Waals surface area contributed by atoms with Crippen LogP contribution in [-0.4, -0.2) is 40.4 Å². The second kappa shape index (κ2) is 11.6. The number of esters is 1. The Kier molecular flexibility index (Phi) is 8.56. The molecule has 2 aromatic carbocycles. The van der Waals surface area contributed by atoms with E-state index in [-0.39, 0.29) is 27.9 Å². The number of carbonyl (C=O) groups is 2. The summed E-state index contributed by atoms with van der Waals surface area (Å²) in [7, 11) is 1.24. The van der Waals surface area contributed by atoms with Gasteiger partial charge < -0.3 is 25.9 Å². The number of methoxy groups -OCH3 is 1. The Morgan fingerprint density at radius 3 is 2.49 bits per heavy atom. The minimum atomic E-state index is -1.13. The van der Waals surface area contributed by atoms with Crippen molar-refractivity contribution in [2.45, 2.75) is 32.2 Å². The lowest BCUT2D eigenvalue weighted by atomic mass is 10.0. The molecule has 0 fully saturated rings. The standard InChI is InChI=1S/C25H25N6O5S/c1-25(2,3)30-29-21(22(32)27-19-8-6-5-7-17(19)24(33)36-4)18(13-26)23-28-20(14-37-23)15-9-11-16(12-10-15)31(34)35/h5-12,14,18,30,34H,1-4H3,(H,27,32)/q-1/b29-21+. The van der Waals surface area contributed by atoms with Crippen molar-refractivity contribution < 1.29 is 19.5 Å². The van der Waals surface area contributed by atoms with Gasteiger partial charge in [0.1, 0.15) is 16.6 Å². The van der Waals surface area contributed by atoms with Gasteiger partial charge in [-0.1, -0.05) is 24.3 Å². The molecule has 3 rings (SSSR count). The number of para-hydroxylation sites is 1. The van der Waals surface area contributed by atoms with Crippen LogP contribution in [0.5, 0.6) is 0 Å². The van der Waals surface area contributed by atoms with E-state index in [9.17, 15) is 20.1 Å². The van der Waals surface area contributed by atoms with Gasteiger partial charge in [0.15, 0.2) is 0 Å². The summed E-state index contributed by atoms with van der Waals surface area (Å²) in [4.78, 5) is 30.0. The van der Waals surface area contributed by atoms with Gasteiger partial charge in [0, 0.05) is 16.5 Å². The maximum atomic E-state index is 13.4. The summed E-state index contributed by atoms with van der Waals surface area (Å²) < 4.78 is 4.79. The van der Waals surface area contributed by atoms with Crippen LogP contribution in [0.4, 0.5) is 11.4 Å². The van der Waals surface area contributed by atoms with Gasteiger partial charge in [0.2, 0.25) is 0 Å². The molecule has 12 heteroatoms. The van der Waals surface area contributed by atoms with Gasteiger partial charge >= 0.3 is 5.97 Å². The van der Waals surface area contributed by atoms with Crippen LogP contribution in [0, 0.1) is 16.5 Å². The van der Waals surface area contributed by atoms with Crippen molar-refractivity contribution in [2.24, 2.45) is 5.10 Å². The van der Waals surface area contributed by atoms with Crippen molar-refractivity contribution in [1.82, 2.24) is 10.4 Å². The van der Waals surface area contributed by atoms with Crippen LogP contribution in [-0.2, 0) is 9.53 Å². The largest absolute Gasteiger partial charge is 0.733 e. The highest BCUT2D eigenvalue weighted by Crippen LogP contribution is 2.29. The number of nitrogens with one attached hydrogen (secondary N) is 2. The van der Waals surface area contributed by atoms with E-state index in [1.165, 1.54) is 36.6 Å². The minimum Gasteiger partial charge on any atom is -0.733 e. The Balaban J connectivity index is 1.96. The maximum Gasteiger partial charge on any atom is 0.339 e. The molecule has 0 aliphatic heterocycles. The van der Waals surface area contributed by atoms with Crippen LogP contribution < -0.4 is 16.0 Å². The highest BCUT2D eigenvalue weighted by atomic mass is 32.1. The molecule has 0 saturated carbocycles. The zero-order valence-electron chi connectivity index (χ0n) is 20.6. The summed E-state index contributed by atoms with van der Waals surface area (Å²) >= 11 is 1.17. The molecule has 0 aliphatic carbocycles. The molecular weight excluding hydrogens is 496 g/mol. The third-order valence-electron chi connectivity index (χ3n) is 4.88. The lowest BCUT2D eigenvalue weighted by Gasteiger charge is -2.21. The Morgan fingerprint density at radius 2 is 1.89 bits per heavy atom. The molecule has 0 bridgehead atoms. The van der Waals surface area contributed by atoms with E-state index < -0.39 is 23.3 Å². The molecule has 0 radical (unpaired) electrons. The molecule has 3 N–H and O–H groups in total. The first-order valence-corrected chi connectivity index (χ1v) is 11.9. The summed E-state index contributed by atoms with van der Waals surface area (Å²) in [5.74, 6) is -2.46. The normalized spacial score (nSPS) is 12.3. The van der Waals surface area contributed by atoms with Gasteiger partial charge in [-0.2, -0.15) is 10.4 Å². The number of aromatic nitrogens is 1. The summed E-state index contributed by atoms with van der Waals surface area (Å²) in [6.45, 7) is 5.54. The van der Waals surface area contributed by atoms with Crippen LogP contribution in [0.2, 0.25) is 0 Å². The van der Waals surface area contributed by atoms with Gasteiger partial charge in [-0.25, -0.2) is 9.78 Å². The van der Waals surface area contributed by atoms with Gasteiger partial charge in [0.25, 0.3) is 5.91 Å². The van der Waals surface area contributed by atoms with Crippen LogP contribution in [0.15, 0.2) is 59.0 Å². The molecular formula is C25H25N6O5S-. The third kappa shape index (κ3) is 6.89. The number of benzene rings is 2. The van der Waals surface area contributed by atoms with Gasteiger partial charge in [-0.3, -0.25) is 10.0 Å². The number of hydrogen-bond acceptors (Lipinski definition) is 11. The van der Waals surface area contributed by atoms with Crippen molar-refractivity contribution >= 4 is 40.3 Å². The Bertz CT molecular complexity index is 1340. The number of rotatable bonds is 8. The monoisotopic (exact) mass is 521 g/mol. The number of ether oxygens (including phenoxy) is 1. The average molecular weight is 522 g/mol. The third-order valence-corrected chi connectivity index (χ3v) is 5.79. The number of nitriles is 1. The van der Waals surface area contributed by atoms with E-state index >= 15 is 0 Å². The molecule has 0 aliphatic rings. The van der Waals surface area contributed by atoms with E-state index in [2.05, 4.69) is 26.9 Å². The molecule has 0 saturated heterocycles. The Labute approximate surface area is 217 Å². The highest BCUT2D eigenvalue weighted by molar-refractivity contribution is 7.10. The van der Waals surface area contributed by atoms with Crippen molar-refractivity contribution in [3.63, 3.8) is 0 Å². The fourth-order valence-electron chi connectivity index (χ4n) is 3.09. The van der Waals surface area contributed by atoms with Gasteiger partial charge in [0.05, 0.1) is 35.8 Å². The van der Waals surface area contributed by atoms with E-state index in [0.29, 0.717) is 16.3 Å². The SMILES string of the molecule is COC(=O)c1ccccc1NC(=O)/C(=N/NC(C)(C)C)C(C#N)c1nc(-c2ccc(N([O-])O)cc2)cs1. The first-order chi connectivity index (χ1) is 17.5. The summed E-state index contributed by atoms with van der Waals surface area (Å²) in [5.41, 5.74) is 3.80. The number of amides is 1. The molecule has 1 unspecified atom stereocenters. The topological polar surface area (TPSA) is 163 Å². The lowest BCUT2D eigenvalue weighted by Crippen LogP contribution is -2.36. The van der Waals surface area contributed by atoms with Crippen LogP contribution >= 0.6 is 11.3 Å². The van der Waals surface area contributed by atoms with Crippen molar-refractivity contribution in [1.29, 1.82) is 5.26 Å². The number of thiazole rings is 1. The first-order valence-electron chi connectivity index (χ1n) is 11.0. The second-order valence-corrected chi connectivity index (χ2v) is 9.69. The number of carbonyl (C=O) groups excluding carboxylic acids is 2. The van der Waals surface area contributed by atoms with Crippen LogP contribution in [0.25, 0.3) is 11.3 Å². The van der Waals surface area contributed by atoms with E-state index in [0.717, 1.165) is 0 Å². The van der Waals surface area contributed by atoms with Crippen molar-refractivity contribution in [3.8, 4) is 17.3 Å². The summed E-state index contributed by atoms with van der Waals surface area (Å²) in [6, 6.07) is 14.5. The smallest absolute Gasteiger partial charge is 0.339 e. The Hall–Kier alpha value is -4.31. The molecule has 192 valence electrons. The van der Waals surface area contributed by atoms with Crippen molar-refractivity contribution in [3.05, 3.63) is 69.7 Å². The summed E-state index contributed by atoms with van der Waals surface area (Å²) in [5, 5.41) is 38.8. The molecule has 3 aromatic rings. The number of hydrazone groups is 1. The number of nitrogens with zero attached hydrogens (tertiary/aromatic N) is 4. The molecule has 37 heavy (non-hydrogen) atoms. The predicted octanol–water partition coefficient (Wildman–Crippen LogP) is 4.28. The lowest BCUT2D eigenvalue weighted by molar-refractivity contribution is -0.110. The Morgan fingerprint density at radius 1 is 1.22 bits per heavy atom. The molecule has 1 amide bonds. The fraction of sp³-hybridized carbons (Fsp3) is 0.240. The quantitative estimate of drug-likeness (QED) is 0.223. The molecule has 11 nitrogen and oxygen atoms in total. The van der Waals surface area contributed by atoms with E-state index in [1.54, 1.807) is 35.7 Å². The van der Waals surface area contributed by atoms with Crippen LogP contribution in [0.1, 0.15) is 42.1 Å². The molecule has 1 heterocycles. The second-order valence-electron chi connectivity index (χ2n) is 8.80.